The van der Waals surface area contributed by atoms with Gasteiger partial charge in [-0.25, -0.2) is 13.2 Å². The van der Waals surface area contributed by atoms with Crippen LogP contribution >= 0.6 is 11.6 Å². The third-order valence-electron chi connectivity index (χ3n) is 2.56. The van der Waals surface area contributed by atoms with Crippen molar-refractivity contribution in [2.45, 2.75) is 13.0 Å². The van der Waals surface area contributed by atoms with Crippen LogP contribution in [0.2, 0.25) is 5.02 Å². The van der Waals surface area contributed by atoms with E-state index in [1.54, 1.807) is 6.92 Å². The molecule has 0 fully saturated rings. The van der Waals surface area contributed by atoms with Crippen molar-refractivity contribution < 1.29 is 13.2 Å². The van der Waals surface area contributed by atoms with Crippen molar-refractivity contribution in [2.75, 3.05) is 5.32 Å². The van der Waals surface area contributed by atoms with Crippen molar-refractivity contribution in [3.05, 3.63) is 58.6 Å². The van der Waals surface area contributed by atoms with Gasteiger partial charge in [0.15, 0.2) is 5.82 Å². The Morgan fingerprint density at radius 2 is 1.89 bits per heavy atom. The Labute approximate surface area is 113 Å². The lowest BCUT2D eigenvalue weighted by atomic mass is 10.2. The first-order valence-corrected chi connectivity index (χ1v) is 5.87. The van der Waals surface area contributed by atoms with Gasteiger partial charge in [0, 0.05) is 6.07 Å². The molecule has 19 heavy (non-hydrogen) atoms. The number of hydrogen-bond acceptors (Lipinski definition) is 2. The molecule has 0 spiro atoms. The number of anilines is 1. The summed E-state index contributed by atoms with van der Waals surface area (Å²) >= 11 is 5.77. The zero-order valence-electron chi connectivity index (χ0n) is 9.92. The molecule has 100 valence electrons. The molecule has 2 aromatic rings. The first kappa shape index (κ1) is 13.7. The number of nitrogens with one attached hydrogen (secondary N) is 1. The summed E-state index contributed by atoms with van der Waals surface area (Å²) in [5.74, 6) is -2.00. The molecule has 2 rings (SSSR count). The maximum atomic E-state index is 13.6. The summed E-state index contributed by atoms with van der Waals surface area (Å²) in [6, 6.07) is 4.07. The lowest BCUT2D eigenvalue weighted by Gasteiger charge is -2.16. The van der Waals surface area contributed by atoms with Crippen LogP contribution in [0.15, 0.2) is 30.5 Å². The first-order valence-electron chi connectivity index (χ1n) is 5.50. The van der Waals surface area contributed by atoms with Gasteiger partial charge in [-0.05, 0) is 25.1 Å². The van der Waals surface area contributed by atoms with Gasteiger partial charge in [-0.15, -0.1) is 0 Å². The normalized spacial score (nSPS) is 12.3. The van der Waals surface area contributed by atoms with E-state index in [-0.39, 0.29) is 10.7 Å². The van der Waals surface area contributed by atoms with E-state index in [1.807, 2.05) is 0 Å². The minimum absolute atomic E-state index is 0.0123. The average Bonchev–Trinajstić information content (AvgIpc) is 2.34. The van der Waals surface area contributed by atoms with Crippen LogP contribution in [0.1, 0.15) is 18.7 Å². The van der Waals surface area contributed by atoms with E-state index in [2.05, 4.69) is 10.3 Å². The fraction of sp³-hybridized carbons (Fsp3) is 0.154. The van der Waals surface area contributed by atoms with E-state index in [0.29, 0.717) is 5.69 Å². The quantitative estimate of drug-likeness (QED) is 0.908. The lowest BCUT2D eigenvalue weighted by Crippen LogP contribution is -2.10. The molecular weight excluding hydrogens is 277 g/mol. The Morgan fingerprint density at radius 1 is 1.16 bits per heavy atom. The minimum atomic E-state index is -0.793. The van der Waals surface area contributed by atoms with Crippen LogP contribution in [0, 0.1) is 17.5 Å². The molecule has 0 saturated carbocycles. The fourth-order valence-electron chi connectivity index (χ4n) is 1.61. The second-order valence-electron chi connectivity index (χ2n) is 4.01. The predicted molar refractivity (Wildman–Crippen MR) is 67.6 cm³/mol. The summed E-state index contributed by atoms with van der Waals surface area (Å²) in [5, 5.41) is 2.72. The molecule has 0 amide bonds. The Kier molecular flexibility index (Phi) is 3.95. The number of aromatic nitrogens is 1. The molecular formula is C13H10ClF3N2. The first-order chi connectivity index (χ1) is 8.97. The van der Waals surface area contributed by atoms with Crippen molar-refractivity contribution in [1.82, 2.24) is 4.98 Å². The van der Waals surface area contributed by atoms with Crippen LogP contribution in [-0.4, -0.2) is 4.98 Å². The summed E-state index contributed by atoms with van der Waals surface area (Å²) in [4.78, 5) is 3.87. The van der Waals surface area contributed by atoms with Crippen LogP contribution in [0.25, 0.3) is 0 Å². The topological polar surface area (TPSA) is 24.9 Å². The maximum absolute atomic E-state index is 13.6. The summed E-state index contributed by atoms with van der Waals surface area (Å²) in [7, 11) is 0. The van der Waals surface area contributed by atoms with E-state index < -0.39 is 23.5 Å². The van der Waals surface area contributed by atoms with Crippen LogP contribution in [-0.2, 0) is 0 Å². The highest BCUT2D eigenvalue weighted by Gasteiger charge is 2.14. The highest BCUT2D eigenvalue weighted by Crippen LogP contribution is 2.29. The second kappa shape index (κ2) is 5.48. The van der Waals surface area contributed by atoms with Crippen LogP contribution in [0.4, 0.5) is 18.9 Å². The van der Waals surface area contributed by atoms with E-state index in [4.69, 9.17) is 11.6 Å². The summed E-state index contributed by atoms with van der Waals surface area (Å²) < 4.78 is 39.2. The maximum Gasteiger partial charge on any atom is 0.150 e. The van der Waals surface area contributed by atoms with Gasteiger partial charge in [0.25, 0.3) is 0 Å². The van der Waals surface area contributed by atoms with Crippen molar-refractivity contribution in [3.63, 3.8) is 0 Å². The molecule has 1 heterocycles. The number of benzene rings is 1. The number of hydrogen-bond donors (Lipinski definition) is 1. The second-order valence-corrected chi connectivity index (χ2v) is 4.42. The fourth-order valence-corrected chi connectivity index (χ4v) is 1.86. The molecule has 1 N–H and O–H groups in total. The Morgan fingerprint density at radius 3 is 2.47 bits per heavy atom. The van der Waals surface area contributed by atoms with E-state index in [1.165, 1.54) is 12.1 Å². The number of pyridine rings is 1. The van der Waals surface area contributed by atoms with Gasteiger partial charge in [0.1, 0.15) is 11.6 Å². The summed E-state index contributed by atoms with van der Waals surface area (Å²) in [6.45, 7) is 1.71. The molecule has 6 heteroatoms. The van der Waals surface area contributed by atoms with Crippen LogP contribution in [0.3, 0.4) is 0 Å². The molecule has 1 atom stereocenters. The Balaban J connectivity index is 2.24. The van der Waals surface area contributed by atoms with Crippen LogP contribution < -0.4 is 5.32 Å². The Bertz CT molecular complexity index is 564. The highest BCUT2D eigenvalue weighted by atomic mass is 35.5. The molecule has 0 aliphatic rings. The van der Waals surface area contributed by atoms with E-state index in [9.17, 15) is 13.2 Å². The molecule has 0 radical (unpaired) electrons. The van der Waals surface area contributed by atoms with Gasteiger partial charge in [-0.1, -0.05) is 11.6 Å². The third-order valence-corrected chi connectivity index (χ3v) is 2.86. The number of halogens is 4. The van der Waals surface area contributed by atoms with Crippen molar-refractivity contribution >= 4 is 17.3 Å². The molecule has 0 aliphatic heterocycles. The standard InChI is InChI=1S/C13H10ClF3N2/c1-7(12-3-2-8(15)6-18-12)19-13-10(14)4-9(16)5-11(13)17/h2-7,19H,1H3. The Hall–Kier alpha value is -1.75. The molecule has 1 unspecified atom stereocenters. The summed E-state index contributed by atoms with van der Waals surface area (Å²) in [6.07, 6.45) is 1.07. The molecule has 1 aromatic heterocycles. The van der Waals surface area contributed by atoms with Crippen molar-refractivity contribution in [1.29, 1.82) is 0 Å². The van der Waals surface area contributed by atoms with Gasteiger partial charge < -0.3 is 5.32 Å². The minimum Gasteiger partial charge on any atom is -0.373 e. The highest BCUT2D eigenvalue weighted by molar-refractivity contribution is 6.33. The molecule has 0 saturated heterocycles. The van der Waals surface area contributed by atoms with Gasteiger partial charge in [-0.3, -0.25) is 4.98 Å². The largest absolute Gasteiger partial charge is 0.373 e. The third kappa shape index (κ3) is 3.17. The monoisotopic (exact) mass is 286 g/mol. The predicted octanol–water partition coefficient (Wildman–Crippen LogP) is 4.33. The summed E-state index contributed by atoms with van der Waals surface area (Å²) in [5.41, 5.74) is 0.503. The van der Waals surface area contributed by atoms with Crippen molar-refractivity contribution in [3.8, 4) is 0 Å². The average molecular weight is 287 g/mol. The van der Waals surface area contributed by atoms with E-state index in [0.717, 1.165) is 18.3 Å². The van der Waals surface area contributed by atoms with E-state index >= 15 is 0 Å². The molecule has 0 aliphatic carbocycles. The zero-order valence-corrected chi connectivity index (χ0v) is 10.7. The molecule has 0 bridgehead atoms. The lowest BCUT2D eigenvalue weighted by molar-refractivity contribution is 0.583. The van der Waals surface area contributed by atoms with Gasteiger partial charge in [-0.2, -0.15) is 0 Å². The van der Waals surface area contributed by atoms with Crippen molar-refractivity contribution in [2.24, 2.45) is 0 Å². The smallest absolute Gasteiger partial charge is 0.150 e. The van der Waals surface area contributed by atoms with Gasteiger partial charge >= 0.3 is 0 Å². The SMILES string of the molecule is CC(Nc1c(F)cc(F)cc1Cl)c1ccc(F)cn1. The molecule has 2 nitrogen and oxygen atoms in total. The molecule has 1 aromatic carbocycles. The number of nitrogens with zero attached hydrogens (tertiary/aromatic N) is 1. The van der Waals surface area contributed by atoms with Crippen LogP contribution in [0.5, 0.6) is 0 Å². The van der Waals surface area contributed by atoms with Gasteiger partial charge in [0.05, 0.1) is 28.6 Å². The zero-order chi connectivity index (χ0) is 14.0. The van der Waals surface area contributed by atoms with Gasteiger partial charge in [0.2, 0.25) is 0 Å². The number of rotatable bonds is 3.